The molecule has 0 aliphatic heterocycles. The highest BCUT2D eigenvalue weighted by Crippen LogP contribution is 2.25. The molecule has 0 radical (unpaired) electrons. The highest BCUT2D eigenvalue weighted by atomic mass is 35.5. The number of ether oxygens (including phenoxy) is 1. The first kappa shape index (κ1) is 19.3. The third-order valence-electron chi connectivity index (χ3n) is 3.25. The first-order valence-corrected chi connectivity index (χ1v) is 9.40. The zero-order chi connectivity index (χ0) is 19.1. The second kappa shape index (κ2) is 9.45. The van der Waals surface area contributed by atoms with Crippen LogP contribution >= 0.6 is 35.6 Å². The summed E-state index contributed by atoms with van der Waals surface area (Å²) in [7, 11) is 1.63. The minimum atomic E-state index is 0.295. The van der Waals surface area contributed by atoms with Crippen LogP contribution in [0.4, 0.5) is 5.95 Å². The van der Waals surface area contributed by atoms with E-state index < -0.39 is 0 Å². The summed E-state index contributed by atoms with van der Waals surface area (Å²) in [6.07, 6.45) is 3.32. The number of rotatable bonds is 6. The van der Waals surface area contributed by atoms with Crippen molar-refractivity contribution in [2.45, 2.75) is 16.7 Å². The van der Waals surface area contributed by atoms with E-state index in [1.54, 1.807) is 31.6 Å². The van der Waals surface area contributed by atoms with E-state index >= 15 is 0 Å². The Labute approximate surface area is 171 Å². The molecule has 0 amide bonds. The van der Waals surface area contributed by atoms with Crippen molar-refractivity contribution in [1.82, 2.24) is 25.3 Å². The van der Waals surface area contributed by atoms with Gasteiger partial charge in [0.2, 0.25) is 5.95 Å². The van der Waals surface area contributed by atoms with Crippen molar-refractivity contribution in [1.29, 1.82) is 0 Å². The number of aromatic nitrogens is 4. The van der Waals surface area contributed by atoms with Gasteiger partial charge in [0, 0.05) is 25.0 Å². The van der Waals surface area contributed by atoms with E-state index in [1.807, 2.05) is 24.3 Å². The van der Waals surface area contributed by atoms with Crippen molar-refractivity contribution in [3.8, 4) is 5.75 Å². The lowest BCUT2D eigenvalue weighted by atomic mass is 10.2. The topological polar surface area (TPSA) is 84.9 Å². The molecule has 0 spiro atoms. The van der Waals surface area contributed by atoms with Gasteiger partial charge in [0.1, 0.15) is 15.9 Å². The number of nitrogens with one attached hydrogen (secondary N) is 2. The standard InChI is InChI=1S/C17H15ClN6OS2/c1-25-12-5-3-11(4-6-12)10-21-16(26)24-15-22-13(18)9-14(23-15)27-17-19-7-2-8-20-17/h2-9H,10H2,1H3,(H2,21,22,23,24,26). The Bertz CT molecular complexity index is 911. The molecule has 1 aromatic carbocycles. The van der Waals surface area contributed by atoms with Crippen LogP contribution in [0.1, 0.15) is 5.56 Å². The SMILES string of the molecule is COc1ccc(CNC(=S)Nc2nc(Cl)cc(Sc3ncccn3)n2)cc1. The fraction of sp³-hybridized carbons (Fsp3) is 0.118. The van der Waals surface area contributed by atoms with Crippen LogP contribution in [0, 0.1) is 0 Å². The number of methoxy groups -OCH3 is 1. The van der Waals surface area contributed by atoms with E-state index in [-0.39, 0.29) is 0 Å². The van der Waals surface area contributed by atoms with Crippen LogP contribution in [0.2, 0.25) is 5.15 Å². The summed E-state index contributed by atoms with van der Waals surface area (Å²) in [5.74, 6) is 1.10. The molecule has 0 bridgehead atoms. The minimum absolute atomic E-state index is 0.295. The highest BCUT2D eigenvalue weighted by Gasteiger charge is 2.08. The minimum Gasteiger partial charge on any atom is -0.497 e. The molecule has 2 heterocycles. The molecule has 138 valence electrons. The Kier molecular flexibility index (Phi) is 6.74. The molecule has 3 aromatic rings. The number of hydrogen-bond acceptors (Lipinski definition) is 7. The fourth-order valence-electron chi connectivity index (χ4n) is 2.01. The maximum atomic E-state index is 6.08. The van der Waals surface area contributed by atoms with Crippen LogP contribution in [0.3, 0.4) is 0 Å². The third-order valence-corrected chi connectivity index (χ3v) is 4.50. The van der Waals surface area contributed by atoms with Gasteiger partial charge in [0.15, 0.2) is 10.3 Å². The van der Waals surface area contributed by atoms with E-state index in [1.165, 1.54) is 11.8 Å². The summed E-state index contributed by atoms with van der Waals surface area (Å²) < 4.78 is 5.14. The van der Waals surface area contributed by atoms with Crippen molar-refractivity contribution >= 4 is 46.6 Å². The van der Waals surface area contributed by atoms with Crippen molar-refractivity contribution in [2.75, 3.05) is 12.4 Å². The second-order valence-corrected chi connectivity index (χ2v) is 6.92. The maximum absolute atomic E-state index is 6.08. The van der Waals surface area contributed by atoms with Gasteiger partial charge in [0.25, 0.3) is 0 Å². The van der Waals surface area contributed by atoms with Crippen molar-refractivity contribution < 1.29 is 4.74 Å². The van der Waals surface area contributed by atoms with Gasteiger partial charge in [-0.15, -0.1) is 0 Å². The summed E-state index contributed by atoms with van der Waals surface area (Å²) in [6, 6.07) is 11.1. The third kappa shape index (κ3) is 6.02. The summed E-state index contributed by atoms with van der Waals surface area (Å²) in [5.41, 5.74) is 1.06. The number of benzene rings is 1. The van der Waals surface area contributed by atoms with Gasteiger partial charge >= 0.3 is 0 Å². The number of nitrogens with zero attached hydrogens (tertiary/aromatic N) is 4. The summed E-state index contributed by atoms with van der Waals surface area (Å²) in [6.45, 7) is 0.551. The summed E-state index contributed by atoms with van der Waals surface area (Å²) in [4.78, 5) is 16.8. The molecular weight excluding hydrogens is 404 g/mol. The summed E-state index contributed by atoms with van der Waals surface area (Å²) >= 11 is 12.7. The van der Waals surface area contributed by atoms with E-state index in [0.29, 0.717) is 32.9 Å². The highest BCUT2D eigenvalue weighted by molar-refractivity contribution is 7.99. The first-order valence-electron chi connectivity index (χ1n) is 7.79. The van der Waals surface area contributed by atoms with Gasteiger partial charge in [-0.2, -0.15) is 0 Å². The van der Waals surface area contributed by atoms with Crippen LogP contribution in [-0.4, -0.2) is 32.2 Å². The average Bonchev–Trinajstić information content (AvgIpc) is 2.67. The van der Waals surface area contributed by atoms with Crippen LogP contribution < -0.4 is 15.4 Å². The number of halogens is 1. The van der Waals surface area contributed by atoms with Crippen LogP contribution in [0.25, 0.3) is 0 Å². The van der Waals surface area contributed by atoms with E-state index in [9.17, 15) is 0 Å². The first-order chi connectivity index (χ1) is 13.1. The maximum Gasteiger partial charge on any atom is 0.231 e. The number of hydrogen-bond donors (Lipinski definition) is 2. The van der Waals surface area contributed by atoms with Gasteiger partial charge in [0.05, 0.1) is 7.11 Å². The molecule has 0 unspecified atom stereocenters. The molecule has 0 saturated carbocycles. The molecule has 0 aliphatic rings. The molecule has 2 N–H and O–H groups in total. The Morgan fingerprint density at radius 2 is 1.93 bits per heavy atom. The normalized spacial score (nSPS) is 10.3. The van der Waals surface area contributed by atoms with Crippen molar-refractivity contribution in [3.05, 3.63) is 59.5 Å². The monoisotopic (exact) mass is 418 g/mol. The van der Waals surface area contributed by atoms with E-state index in [0.717, 1.165) is 11.3 Å². The molecule has 0 saturated heterocycles. The molecule has 2 aromatic heterocycles. The van der Waals surface area contributed by atoms with E-state index in [4.69, 9.17) is 28.6 Å². The Morgan fingerprint density at radius 3 is 2.63 bits per heavy atom. The second-order valence-electron chi connectivity index (χ2n) is 5.14. The Hall–Kier alpha value is -2.49. The van der Waals surface area contributed by atoms with Gasteiger partial charge in [-0.1, -0.05) is 23.7 Å². The molecule has 3 rings (SSSR count). The zero-order valence-electron chi connectivity index (χ0n) is 14.2. The molecule has 0 fully saturated rings. The lowest BCUT2D eigenvalue weighted by molar-refractivity contribution is 0.414. The Balaban J connectivity index is 1.59. The quantitative estimate of drug-likeness (QED) is 0.354. The van der Waals surface area contributed by atoms with Crippen molar-refractivity contribution in [2.24, 2.45) is 0 Å². The number of anilines is 1. The van der Waals surface area contributed by atoms with Crippen LogP contribution in [0.15, 0.2) is 59.0 Å². The Morgan fingerprint density at radius 1 is 1.19 bits per heavy atom. The van der Waals surface area contributed by atoms with Crippen LogP contribution in [0.5, 0.6) is 5.75 Å². The van der Waals surface area contributed by atoms with Gasteiger partial charge in [-0.05, 0) is 47.7 Å². The molecule has 27 heavy (non-hydrogen) atoms. The largest absolute Gasteiger partial charge is 0.497 e. The van der Waals surface area contributed by atoms with Crippen LogP contribution in [-0.2, 0) is 6.54 Å². The molecule has 0 aliphatic carbocycles. The molecule has 7 nitrogen and oxygen atoms in total. The van der Waals surface area contributed by atoms with Crippen molar-refractivity contribution in [3.63, 3.8) is 0 Å². The lowest BCUT2D eigenvalue weighted by Gasteiger charge is -2.10. The van der Waals surface area contributed by atoms with Gasteiger partial charge < -0.3 is 15.4 Å². The number of thiocarbonyl (C=S) groups is 1. The predicted molar refractivity (Wildman–Crippen MR) is 109 cm³/mol. The average molecular weight is 419 g/mol. The summed E-state index contributed by atoms with van der Waals surface area (Å²) in [5, 5.41) is 7.90. The van der Waals surface area contributed by atoms with Gasteiger partial charge in [-0.25, -0.2) is 19.9 Å². The molecule has 0 atom stereocenters. The van der Waals surface area contributed by atoms with E-state index in [2.05, 4.69) is 30.6 Å². The fourth-order valence-corrected chi connectivity index (χ4v) is 3.14. The molecular formula is C17H15ClN6OS2. The van der Waals surface area contributed by atoms with Gasteiger partial charge in [-0.3, -0.25) is 0 Å². The smallest absolute Gasteiger partial charge is 0.231 e. The lowest BCUT2D eigenvalue weighted by Crippen LogP contribution is -2.28. The predicted octanol–water partition coefficient (Wildman–Crippen LogP) is 3.57. The molecule has 10 heteroatoms. The zero-order valence-corrected chi connectivity index (χ0v) is 16.6.